The molecule has 0 saturated heterocycles. The van der Waals surface area contributed by atoms with Gasteiger partial charge < -0.3 is 5.32 Å². The van der Waals surface area contributed by atoms with Crippen LogP contribution in [0, 0.1) is 5.82 Å². The minimum Gasteiger partial charge on any atom is -0.322 e. The molecule has 0 radical (unpaired) electrons. The Morgan fingerprint density at radius 1 is 0.846 bits per heavy atom. The Labute approximate surface area is 147 Å². The third-order valence-corrected chi connectivity index (χ3v) is 3.78. The zero-order chi connectivity index (χ0) is 18.7. The monoisotopic (exact) mass is 359 g/mol. The molecular formula is C20H13F4NO. The summed E-state index contributed by atoms with van der Waals surface area (Å²) in [6, 6.07) is 16.5. The average molecular weight is 359 g/mol. The number of carbonyl (C=O) groups excluding carboxylic acids is 1. The summed E-state index contributed by atoms with van der Waals surface area (Å²) in [5, 5.41) is 2.59. The lowest BCUT2D eigenvalue weighted by molar-refractivity contribution is -0.137. The van der Waals surface area contributed by atoms with E-state index >= 15 is 0 Å². The van der Waals surface area contributed by atoms with Gasteiger partial charge in [0.05, 0.1) is 5.56 Å². The second kappa shape index (κ2) is 7.00. The molecule has 26 heavy (non-hydrogen) atoms. The first kappa shape index (κ1) is 17.7. The molecule has 0 aliphatic rings. The minimum atomic E-state index is -4.42. The maximum atomic E-state index is 13.3. The summed E-state index contributed by atoms with van der Waals surface area (Å²) < 4.78 is 51.4. The summed E-state index contributed by atoms with van der Waals surface area (Å²) in [6.45, 7) is 0. The molecule has 1 amide bonds. The molecule has 0 fully saturated rings. The van der Waals surface area contributed by atoms with Crippen molar-refractivity contribution in [2.45, 2.75) is 6.18 Å². The van der Waals surface area contributed by atoms with Crippen molar-refractivity contribution in [2.75, 3.05) is 5.32 Å². The van der Waals surface area contributed by atoms with Crippen LogP contribution in [0.2, 0.25) is 0 Å². The highest BCUT2D eigenvalue weighted by Crippen LogP contribution is 2.32. The molecule has 1 N–H and O–H groups in total. The molecule has 0 spiro atoms. The van der Waals surface area contributed by atoms with Crippen molar-refractivity contribution in [1.29, 1.82) is 0 Å². The van der Waals surface area contributed by atoms with E-state index in [4.69, 9.17) is 0 Å². The lowest BCUT2D eigenvalue weighted by Gasteiger charge is -2.12. The van der Waals surface area contributed by atoms with Gasteiger partial charge in [-0.2, -0.15) is 13.2 Å². The highest BCUT2D eigenvalue weighted by Gasteiger charge is 2.30. The molecule has 3 rings (SSSR count). The van der Waals surface area contributed by atoms with Gasteiger partial charge in [0.15, 0.2) is 0 Å². The first-order valence-corrected chi connectivity index (χ1v) is 7.68. The zero-order valence-corrected chi connectivity index (χ0v) is 13.3. The van der Waals surface area contributed by atoms with Crippen LogP contribution in [0.4, 0.5) is 23.2 Å². The molecule has 2 nitrogen and oxygen atoms in total. The summed E-state index contributed by atoms with van der Waals surface area (Å²) >= 11 is 0. The number of benzene rings is 3. The van der Waals surface area contributed by atoms with Crippen molar-refractivity contribution in [1.82, 2.24) is 0 Å². The maximum absolute atomic E-state index is 13.3. The Hall–Kier alpha value is -3.15. The van der Waals surface area contributed by atoms with Crippen LogP contribution in [0.5, 0.6) is 0 Å². The fourth-order valence-electron chi connectivity index (χ4n) is 2.54. The van der Waals surface area contributed by atoms with E-state index in [-0.39, 0.29) is 11.3 Å². The van der Waals surface area contributed by atoms with Crippen LogP contribution >= 0.6 is 0 Å². The van der Waals surface area contributed by atoms with E-state index in [1.165, 1.54) is 30.3 Å². The van der Waals surface area contributed by atoms with E-state index in [9.17, 15) is 22.4 Å². The van der Waals surface area contributed by atoms with E-state index in [1.807, 2.05) is 0 Å². The largest absolute Gasteiger partial charge is 0.416 e. The van der Waals surface area contributed by atoms with Crippen molar-refractivity contribution >= 4 is 11.6 Å². The van der Waals surface area contributed by atoms with Gasteiger partial charge in [-0.1, -0.05) is 36.4 Å². The predicted molar refractivity (Wildman–Crippen MR) is 91.2 cm³/mol. The average Bonchev–Trinajstić information content (AvgIpc) is 2.61. The van der Waals surface area contributed by atoms with Gasteiger partial charge in [0.2, 0.25) is 0 Å². The third kappa shape index (κ3) is 3.91. The molecular weight excluding hydrogens is 346 g/mol. The van der Waals surface area contributed by atoms with Crippen molar-refractivity contribution < 1.29 is 22.4 Å². The number of hydrogen-bond acceptors (Lipinski definition) is 1. The van der Waals surface area contributed by atoms with Crippen molar-refractivity contribution in [2.24, 2.45) is 0 Å². The molecule has 0 heterocycles. The van der Waals surface area contributed by atoms with Crippen molar-refractivity contribution in [3.8, 4) is 11.1 Å². The topological polar surface area (TPSA) is 29.1 Å². The normalized spacial score (nSPS) is 11.2. The van der Waals surface area contributed by atoms with E-state index in [0.29, 0.717) is 11.1 Å². The molecule has 0 aliphatic carbocycles. The molecule has 0 atom stereocenters. The molecule has 0 aromatic heterocycles. The van der Waals surface area contributed by atoms with Crippen LogP contribution in [-0.4, -0.2) is 5.91 Å². The molecule has 132 valence electrons. The van der Waals surface area contributed by atoms with E-state index in [1.54, 1.807) is 30.3 Å². The number of amides is 1. The standard InChI is InChI=1S/C20H13F4NO/c21-15-4-3-5-16(12-15)25-19(26)18-7-2-1-6-17(18)13-8-10-14(11-9-13)20(22,23)24/h1-12H,(H,25,26). The Balaban J connectivity index is 1.92. The number of halogens is 4. The molecule has 3 aromatic carbocycles. The Morgan fingerprint density at radius 2 is 1.54 bits per heavy atom. The Bertz CT molecular complexity index is 933. The van der Waals surface area contributed by atoms with Crippen LogP contribution in [0.3, 0.4) is 0 Å². The second-order valence-electron chi connectivity index (χ2n) is 5.59. The predicted octanol–water partition coefficient (Wildman–Crippen LogP) is 5.76. The molecule has 0 aliphatic heterocycles. The van der Waals surface area contributed by atoms with Crippen LogP contribution < -0.4 is 5.32 Å². The number of carbonyl (C=O) groups is 1. The maximum Gasteiger partial charge on any atom is 0.416 e. The summed E-state index contributed by atoms with van der Waals surface area (Å²) in [5.74, 6) is -0.968. The van der Waals surface area contributed by atoms with Crippen LogP contribution in [-0.2, 0) is 6.18 Å². The van der Waals surface area contributed by atoms with E-state index < -0.39 is 23.5 Å². The number of hydrogen-bond donors (Lipinski definition) is 1. The SMILES string of the molecule is O=C(Nc1cccc(F)c1)c1ccccc1-c1ccc(C(F)(F)F)cc1. The highest BCUT2D eigenvalue weighted by atomic mass is 19.4. The fraction of sp³-hybridized carbons (Fsp3) is 0.0500. The van der Waals surface area contributed by atoms with Crippen molar-refractivity contribution in [3.63, 3.8) is 0 Å². The summed E-state index contributed by atoms with van der Waals surface area (Å²) in [7, 11) is 0. The van der Waals surface area contributed by atoms with E-state index in [2.05, 4.69) is 5.32 Å². The van der Waals surface area contributed by atoms with Crippen LogP contribution in [0.25, 0.3) is 11.1 Å². The quantitative estimate of drug-likeness (QED) is 0.592. The summed E-state index contributed by atoms with van der Waals surface area (Å²) in [6.07, 6.45) is -4.42. The molecule has 0 bridgehead atoms. The van der Waals surface area contributed by atoms with Gasteiger partial charge in [-0.3, -0.25) is 4.79 Å². The zero-order valence-electron chi connectivity index (χ0n) is 13.3. The smallest absolute Gasteiger partial charge is 0.322 e. The van der Waals surface area contributed by atoms with Crippen LogP contribution in [0.15, 0.2) is 72.8 Å². The Morgan fingerprint density at radius 3 is 2.19 bits per heavy atom. The summed E-state index contributed by atoms with van der Waals surface area (Å²) in [4.78, 5) is 12.5. The lowest BCUT2D eigenvalue weighted by atomic mass is 9.98. The third-order valence-electron chi connectivity index (χ3n) is 3.78. The molecule has 0 saturated carbocycles. The molecule has 3 aromatic rings. The van der Waals surface area contributed by atoms with Crippen LogP contribution in [0.1, 0.15) is 15.9 Å². The van der Waals surface area contributed by atoms with Gasteiger partial charge in [-0.05, 0) is 47.5 Å². The minimum absolute atomic E-state index is 0.275. The van der Waals surface area contributed by atoms with Gasteiger partial charge in [0, 0.05) is 11.3 Å². The number of alkyl halides is 3. The fourth-order valence-corrected chi connectivity index (χ4v) is 2.54. The highest BCUT2D eigenvalue weighted by molar-refractivity contribution is 6.08. The first-order chi connectivity index (χ1) is 12.3. The first-order valence-electron chi connectivity index (χ1n) is 7.68. The second-order valence-corrected chi connectivity index (χ2v) is 5.59. The number of nitrogens with one attached hydrogen (secondary N) is 1. The van der Waals surface area contributed by atoms with Gasteiger partial charge >= 0.3 is 6.18 Å². The van der Waals surface area contributed by atoms with Gasteiger partial charge in [0.25, 0.3) is 5.91 Å². The van der Waals surface area contributed by atoms with E-state index in [0.717, 1.165) is 12.1 Å². The van der Waals surface area contributed by atoms with Gasteiger partial charge in [0.1, 0.15) is 5.82 Å². The lowest BCUT2D eigenvalue weighted by Crippen LogP contribution is -2.13. The molecule has 6 heteroatoms. The molecule has 0 unspecified atom stereocenters. The number of anilines is 1. The van der Waals surface area contributed by atoms with Gasteiger partial charge in [-0.15, -0.1) is 0 Å². The Kier molecular flexibility index (Phi) is 4.75. The van der Waals surface area contributed by atoms with Crippen molar-refractivity contribution in [3.05, 3.63) is 89.7 Å². The number of rotatable bonds is 3. The summed E-state index contributed by atoms with van der Waals surface area (Å²) in [5.41, 5.74) is 0.759. The van der Waals surface area contributed by atoms with Gasteiger partial charge in [-0.25, -0.2) is 4.39 Å².